The van der Waals surface area contributed by atoms with Crippen molar-refractivity contribution in [2.24, 2.45) is 5.92 Å². The third-order valence-corrected chi connectivity index (χ3v) is 2.90. The molecule has 3 heteroatoms. The molecule has 1 atom stereocenters. The van der Waals surface area contributed by atoms with E-state index in [1.54, 1.807) is 0 Å². The van der Waals surface area contributed by atoms with Gasteiger partial charge in [0.05, 0.1) is 0 Å². The number of nitrogens with zero attached hydrogens (tertiary/aromatic N) is 1. The Morgan fingerprint density at radius 2 is 2.07 bits per heavy atom. The summed E-state index contributed by atoms with van der Waals surface area (Å²) in [5.41, 5.74) is 0. The zero-order valence-corrected chi connectivity index (χ0v) is 9.36. The summed E-state index contributed by atoms with van der Waals surface area (Å²) in [6.45, 7) is 7.06. The summed E-state index contributed by atoms with van der Waals surface area (Å²) in [5, 5.41) is 9.08. The Morgan fingerprint density at radius 1 is 1.50 bits per heavy atom. The van der Waals surface area contributed by atoms with E-state index in [2.05, 4.69) is 18.7 Å². The molecule has 1 fully saturated rings. The lowest BCUT2D eigenvalue weighted by molar-refractivity contribution is -0.144. The molecule has 0 spiro atoms. The topological polar surface area (TPSA) is 40.5 Å². The van der Waals surface area contributed by atoms with Crippen LogP contribution in [0.1, 0.15) is 40.0 Å². The fourth-order valence-electron chi connectivity index (χ4n) is 1.85. The number of carboxylic acid groups (broad SMARTS) is 1. The minimum absolute atomic E-state index is 0.296. The quantitative estimate of drug-likeness (QED) is 0.711. The third kappa shape index (κ3) is 2.98. The van der Waals surface area contributed by atoms with Gasteiger partial charge >= 0.3 is 5.97 Å². The number of hydrogen-bond donors (Lipinski definition) is 1. The van der Waals surface area contributed by atoms with E-state index in [0.717, 1.165) is 12.5 Å². The number of hydrogen-bond acceptors (Lipinski definition) is 2. The Balaban J connectivity index is 2.57. The Bertz CT molecular complexity index is 199. The molecule has 3 nitrogen and oxygen atoms in total. The van der Waals surface area contributed by atoms with Crippen molar-refractivity contribution in [1.82, 2.24) is 4.90 Å². The van der Waals surface area contributed by atoms with E-state index < -0.39 is 5.97 Å². The SMILES string of the molecule is CCC(C(=O)O)N(CC1CC1)C(C)C. The fourth-order valence-corrected chi connectivity index (χ4v) is 1.85. The maximum Gasteiger partial charge on any atom is 0.320 e. The predicted molar refractivity (Wildman–Crippen MR) is 56.3 cm³/mol. The minimum Gasteiger partial charge on any atom is -0.480 e. The molecule has 1 unspecified atom stereocenters. The van der Waals surface area contributed by atoms with E-state index in [0.29, 0.717) is 12.5 Å². The fraction of sp³-hybridized carbons (Fsp3) is 0.909. The molecule has 82 valence electrons. The van der Waals surface area contributed by atoms with Gasteiger partial charge in [-0.05, 0) is 39.0 Å². The number of rotatable bonds is 6. The van der Waals surface area contributed by atoms with Crippen molar-refractivity contribution in [3.8, 4) is 0 Å². The number of carboxylic acids is 1. The van der Waals surface area contributed by atoms with Crippen molar-refractivity contribution in [3.05, 3.63) is 0 Å². The van der Waals surface area contributed by atoms with E-state index in [-0.39, 0.29) is 6.04 Å². The van der Waals surface area contributed by atoms with Crippen LogP contribution in [0.25, 0.3) is 0 Å². The molecule has 0 saturated heterocycles. The summed E-state index contributed by atoms with van der Waals surface area (Å²) in [7, 11) is 0. The van der Waals surface area contributed by atoms with Gasteiger partial charge in [0.2, 0.25) is 0 Å². The molecule has 0 aromatic carbocycles. The molecule has 0 aliphatic heterocycles. The van der Waals surface area contributed by atoms with Gasteiger partial charge in [-0.1, -0.05) is 6.92 Å². The van der Waals surface area contributed by atoms with Crippen LogP contribution >= 0.6 is 0 Å². The molecule has 0 aromatic rings. The molecule has 0 aromatic heterocycles. The second-order valence-corrected chi connectivity index (χ2v) is 4.50. The Morgan fingerprint density at radius 3 is 2.36 bits per heavy atom. The second kappa shape index (κ2) is 4.78. The molecule has 1 aliphatic carbocycles. The van der Waals surface area contributed by atoms with E-state index in [9.17, 15) is 4.79 Å². The van der Waals surface area contributed by atoms with Gasteiger partial charge in [0, 0.05) is 12.6 Å². The lowest BCUT2D eigenvalue weighted by Gasteiger charge is -2.31. The predicted octanol–water partition coefficient (Wildman–Crippen LogP) is 1.97. The molecule has 1 aliphatic rings. The average molecular weight is 199 g/mol. The summed E-state index contributed by atoms with van der Waals surface area (Å²) in [4.78, 5) is 13.2. The largest absolute Gasteiger partial charge is 0.480 e. The van der Waals surface area contributed by atoms with Crippen molar-refractivity contribution in [3.63, 3.8) is 0 Å². The molecular weight excluding hydrogens is 178 g/mol. The monoisotopic (exact) mass is 199 g/mol. The highest BCUT2D eigenvalue weighted by Crippen LogP contribution is 2.31. The van der Waals surface area contributed by atoms with Crippen molar-refractivity contribution in [2.45, 2.75) is 52.1 Å². The lowest BCUT2D eigenvalue weighted by Crippen LogP contribution is -2.45. The molecule has 1 rings (SSSR count). The van der Waals surface area contributed by atoms with Crippen molar-refractivity contribution < 1.29 is 9.90 Å². The van der Waals surface area contributed by atoms with Crippen molar-refractivity contribution in [1.29, 1.82) is 0 Å². The van der Waals surface area contributed by atoms with Crippen LogP contribution in [0.15, 0.2) is 0 Å². The van der Waals surface area contributed by atoms with Crippen LogP contribution in [0, 0.1) is 5.92 Å². The first-order valence-corrected chi connectivity index (χ1v) is 5.54. The molecule has 0 radical (unpaired) electrons. The number of aliphatic carboxylic acids is 1. The first-order valence-electron chi connectivity index (χ1n) is 5.54. The zero-order valence-electron chi connectivity index (χ0n) is 9.36. The molecule has 14 heavy (non-hydrogen) atoms. The summed E-state index contributed by atoms with van der Waals surface area (Å²) >= 11 is 0. The van der Waals surface area contributed by atoms with Gasteiger partial charge in [0.15, 0.2) is 0 Å². The van der Waals surface area contributed by atoms with Gasteiger partial charge in [-0.3, -0.25) is 9.69 Å². The molecule has 0 heterocycles. The summed E-state index contributed by atoms with van der Waals surface area (Å²) in [5.74, 6) is 0.0765. The number of carbonyl (C=O) groups is 1. The van der Waals surface area contributed by atoms with Gasteiger partial charge < -0.3 is 5.11 Å². The van der Waals surface area contributed by atoms with Gasteiger partial charge in [0.1, 0.15) is 6.04 Å². The van der Waals surface area contributed by atoms with Crippen LogP contribution < -0.4 is 0 Å². The third-order valence-electron chi connectivity index (χ3n) is 2.90. The molecule has 1 saturated carbocycles. The van der Waals surface area contributed by atoms with E-state index in [1.807, 2.05) is 6.92 Å². The molecule has 0 amide bonds. The van der Waals surface area contributed by atoms with Gasteiger partial charge in [0.25, 0.3) is 0 Å². The maximum atomic E-state index is 11.0. The smallest absolute Gasteiger partial charge is 0.320 e. The van der Waals surface area contributed by atoms with Crippen LogP contribution in [-0.4, -0.2) is 34.6 Å². The van der Waals surface area contributed by atoms with Crippen LogP contribution in [0.4, 0.5) is 0 Å². The van der Waals surface area contributed by atoms with Gasteiger partial charge in [-0.25, -0.2) is 0 Å². The highest BCUT2D eigenvalue weighted by Gasteiger charge is 2.31. The zero-order chi connectivity index (χ0) is 10.7. The normalized spacial score (nSPS) is 18.9. The van der Waals surface area contributed by atoms with Crippen molar-refractivity contribution in [2.75, 3.05) is 6.54 Å². The minimum atomic E-state index is -0.679. The molecule has 0 bridgehead atoms. The first-order chi connectivity index (χ1) is 6.56. The molecular formula is C11H21NO2. The standard InChI is InChI=1S/C11H21NO2/c1-4-10(11(13)14)12(8(2)3)7-9-5-6-9/h8-10H,4-7H2,1-3H3,(H,13,14). The van der Waals surface area contributed by atoms with E-state index in [1.165, 1.54) is 12.8 Å². The van der Waals surface area contributed by atoms with Gasteiger partial charge in [-0.15, -0.1) is 0 Å². The van der Waals surface area contributed by atoms with Crippen LogP contribution in [0.5, 0.6) is 0 Å². The van der Waals surface area contributed by atoms with Crippen LogP contribution in [-0.2, 0) is 4.79 Å². The van der Waals surface area contributed by atoms with Crippen LogP contribution in [0.2, 0.25) is 0 Å². The molecule has 1 N–H and O–H groups in total. The average Bonchev–Trinajstić information content (AvgIpc) is 2.86. The maximum absolute atomic E-state index is 11.0. The Kier molecular flexibility index (Phi) is 3.93. The summed E-state index contributed by atoms with van der Waals surface area (Å²) < 4.78 is 0. The lowest BCUT2D eigenvalue weighted by atomic mass is 10.1. The van der Waals surface area contributed by atoms with E-state index >= 15 is 0 Å². The highest BCUT2D eigenvalue weighted by molar-refractivity contribution is 5.73. The second-order valence-electron chi connectivity index (χ2n) is 4.50. The van der Waals surface area contributed by atoms with Crippen molar-refractivity contribution >= 4 is 5.97 Å². The first kappa shape index (κ1) is 11.5. The Labute approximate surface area is 86.1 Å². The highest BCUT2D eigenvalue weighted by atomic mass is 16.4. The van der Waals surface area contributed by atoms with E-state index in [4.69, 9.17) is 5.11 Å². The summed E-state index contributed by atoms with van der Waals surface area (Å²) in [6.07, 6.45) is 3.25. The van der Waals surface area contributed by atoms with Crippen LogP contribution in [0.3, 0.4) is 0 Å². The van der Waals surface area contributed by atoms with Gasteiger partial charge in [-0.2, -0.15) is 0 Å². The summed E-state index contributed by atoms with van der Waals surface area (Å²) in [6, 6.07) is 0.0345. The Hall–Kier alpha value is -0.570.